The first kappa shape index (κ1) is 11.1. The first-order valence-electron chi connectivity index (χ1n) is 5.59. The molecule has 2 rings (SSSR count). The van der Waals surface area contributed by atoms with Crippen LogP contribution in [0.15, 0.2) is 18.2 Å². The molecule has 0 bridgehead atoms. The van der Waals surface area contributed by atoms with Gasteiger partial charge in [-0.05, 0) is 42.4 Å². The van der Waals surface area contributed by atoms with E-state index in [9.17, 15) is 9.18 Å². The van der Waals surface area contributed by atoms with E-state index >= 15 is 0 Å². The molecule has 0 amide bonds. The Balaban J connectivity index is 2.11. The van der Waals surface area contributed by atoms with Crippen LogP contribution >= 0.6 is 0 Å². The second-order valence-corrected chi connectivity index (χ2v) is 4.57. The molecule has 3 heteroatoms. The molecular weight excluding hydrogens is 207 g/mol. The molecule has 16 heavy (non-hydrogen) atoms. The molecule has 1 atom stereocenters. The molecule has 1 aromatic carbocycles. The summed E-state index contributed by atoms with van der Waals surface area (Å²) in [7, 11) is 0. The van der Waals surface area contributed by atoms with Gasteiger partial charge in [0.15, 0.2) is 0 Å². The minimum atomic E-state index is -0.841. The topological polar surface area (TPSA) is 37.3 Å². The number of hydrogen-bond acceptors (Lipinski definition) is 1. The van der Waals surface area contributed by atoms with Crippen molar-refractivity contribution in [3.63, 3.8) is 0 Å². The van der Waals surface area contributed by atoms with Gasteiger partial charge in [-0.15, -0.1) is 0 Å². The van der Waals surface area contributed by atoms with Crippen LogP contribution in [-0.4, -0.2) is 11.1 Å². The molecule has 1 aliphatic rings. The summed E-state index contributed by atoms with van der Waals surface area (Å²) < 4.78 is 13.6. The Bertz CT molecular complexity index is 410. The van der Waals surface area contributed by atoms with E-state index in [1.165, 1.54) is 6.07 Å². The van der Waals surface area contributed by atoms with Crippen molar-refractivity contribution in [3.05, 3.63) is 35.1 Å². The molecule has 0 radical (unpaired) electrons. The van der Waals surface area contributed by atoms with Gasteiger partial charge in [0, 0.05) is 0 Å². The van der Waals surface area contributed by atoms with E-state index in [2.05, 4.69) is 0 Å². The van der Waals surface area contributed by atoms with Crippen LogP contribution in [-0.2, 0) is 11.2 Å². The van der Waals surface area contributed by atoms with E-state index in [-0.39, 0.29) is 5.82 Å². The largest absolute Gasteiger partial charge is 0.481 e. The highest BCUT2D eigenvalue weighted by Gasteiger charge is 2.26. The molecular formula is C13H15FO2. The molecule has 2 nitrogen and oxygen atoms in total. The Kier molecular flexibility index (Phi) is 2.95. The van der Waals surface area contributed by atoms with Crippen molar-refractivity contribution in [3.8, 4) is 0 Å². The minimum Gasteiger partial charge on any atom is -0.481 e. The maximum absolute atomic E-state index is 13.6. The van der Waals surface area contributed by atoms with E-state index in [4.69, 9.17) is 5.11 Å². The smallest absolute Gasteiger partial charge is 0.306 e. The monoisotopic (exact) mass is 222 g/mol. The summed E-state index contributed by atoms with van der Waals surface area (Å²) in [5.74, 6) is -1.10. The van der Waals surface area contributed by atoms with Gasteiger partial charge in [0.05, 0.1) is 5.92 Å². The second-order valence-electron chi connectivity index (χ2n) is 4.57. The highest BCUT2D eigenvalue weighted by atomic mass is 19.1. The molecule has 1 aliphatic carbocycles. The zero-order valence-corrected chi connectivity index (χ0v) is 9.24. The number of carboxylic acids is 1. The Morgan fingerprint density at radius 1 is 1.56 bits per heavy atom. The summed E-state index contributed by atoms with van der Waals surface area (Å²) in [6, 6.07) is 5.13. The fourth-order valence-corrected chi connectivity index (χ4v) is 1.86. The Labute approximate surface area is 94.1 Å². The predicted octanol–water partition coefficient (Wildman–Crippen LogP) is 2.97. The molecule has 1 fully saturated rings. The van der Waals surface area contributed by atoms with Crippen LogP contribution in [0.4, 0.5) is 4.39 Å². The van der Waals surface area contributed by atoms with Crippen molar-refractivity contribution in [2.45, 2.75) is 32.1 Å². The summed E-state index contributed by atoms with van der Waals surface area (Å²) in [5.41, 5.74) is 1.54. The quantitative estimate of drug-likeness (QED) is 0.850. The third kappa shape index (κ3) is 2.40. The van der Waals surface area contributed by atoms with Crippen LogP contribution in [0.1, 0.15) is 36.8 Å². The number of halogens is 1. The number of rotatable bonds is 4. The van der Waals surface area contributed by atoms with Crippen molar-refractivity contribution >= 4 is 5.97 Å². The molecule has 0 spiro atoms. The van der Waals surface area contributed by atoms with Crippen molar-refractivity contribution in [1.82, 2.24) is 0 Å². The van der Waals surface area contributed by atoms with Crippen LogP contribution < -0.4 is 0 Å². The van der Waals surface area contributed by atoms with Gasteiger partial charge in [0.1, 0.15) is 5.82 Å². The van der Waals surface area contributed by atoms with Gasteiger partial charge in [-0.25, -0.2) is 4.39 Å². The summed E-state index contributed by atoms with van der Waals surface area (Å²) in [5, 5.41) is 8.77. The number of carboxylic acid groups (broad SMARTS) is 1. The summed E-state index contributed by atoms with van der Waals surface area (Å²) in [6.45, 7) is 1.63. The zero-order valence-electron chi connectivity index (χ0n) is 9.24. The zero-order chi connectivity index (χ0) is 11.7. The van der Waals surface area contributed by atoms with Crippen LogP contribution in [0.5, 0.6) is 0 Å². The maximum Gasteiger partial charge on any atom is 0.306 e. The number of carbonyl (C=O) groups is 1. The van der Waals surface area contributed by atoms with Crippen LogP contribution in [0.25, 0.3) is 0 Å². The average Bonchev–Trinajstić information content (AvgIpc) is 3.01. The van der Waals surface area contributed by atoms with Crippen LogP contribution in [0.3, 0.4) is 0 Å². The van der Waals surface area contributed by atoms with Crippen molar-refractivity contribution in [1.29, 1.82) is 0 Å². The van der Waals surface area contributed by atoms with Gasteiger partial charge < -0.3 is 5.11 Å². The standard InChI is InChI=1S/C13H15FO2/c1-8(13(15)16)6-9-2-5-11(10-3-4-10)12(14)7-9/h2,5,7-8,10H,3-4,6H2,1H3,(H,15,16). The lowest BCUT2D eigenvalue weighted by Gasteiger charge is -2.08. The van der Waals surface area contributed by atoms with Crippen molar-refractivity contribution < 1.29 is 14.3 Å². The third-order valence-electron chi connectivity index (χ3n) is 3.05. The van der Waals surface area contributed by atoms with Crippen molar-refractivity contribution in [2.75, 3.05) is 0 Å². The van der Waals surface area contributed by atoms with Gasteiger partial charge in [-0.3, -0.25) is 4.79 Å². The molecule has 1 aromatic rings. The number of aliphatic carboxylic acids is 1. The highest BCUT2D eigenvalue weighted by Crippen LogP contribution is 2.41. The molecule has 86 valence electrons. The summed E-state index contributed by atoms with van der Waals surface area (Å²) in [4.78, 5) is 10.7. The Morgan fingerprint density at radius 3 is 2.75 bits per heavy atom. The molecule has 0 heterocycles. The van der Waals surface area contributed by atoms with E-state index in [0.717, 1.165) is 24.0 Å². The van der Waals surface area contributed by atoms with Crippen LogP contribution in [0, 0.1) is 11.7 Å². The molecule has 1 N–H and O–H groups in total. The van der Waals surface area contributed by atoms with Gasteiger partial charge in [-0.2, -0.15) is 0 Å². The SMILES string of the molecule is CC(Cc1ccc(C2CC2)c(F)c1)C(=O)O. The molecule has 1 unspecified atom stereocenters. The lowest BCUT2D eigenvalue weighted by Crippen LogP contribution is -2.12. The fraction of sp³-hybridized carbons (Fsp3) is 0.462. The molecule has 0 saturated heterocycles. The van der Waals surface area contributed by atoms with Gasteiger partial charge in [0.25, 0.3) is 0 Å². The van der Waals surface area contributed by atoms with E-state index in [0.29, 0.717) is 12.3 Å². The van der Waals surface area contributed by atoms with E-state index < -0.39 is 11.9 Å². The van der Waals surface area contributed by atoms with Gasteiger partial charge in [-0.1, -0.05) is 19.1 Å². The van der Waals surface area contributed by atoms with Gasteiger partial charge >= 0.3 is 5.97 Å². The number of benzene rings is 1. The molecule has 0 aliphatic heterocycles. The summed E-state index contributed by atoms with van der Waals surface area (Å²) >= 11 is 0. The first-order chi connectivity index (χ1) is 7.58. The average molecular weight is 222 g/mol. The highest BCUT2D eigenvalue weighted by molar-refractivity contribution is 5.69. The van der Waals surface area contributed by atoms with Crippen molar-refractivity contribution in [2.24, 2.45) is 5.92 Å². The lowest BCUT2D eigenvalue weighted by molar-refractivity contribution is -0.141. The maximum atomic E-state index is 13.6. The first-order valence-corrected chi connectivity index (χ1v) is 5.59. The summed E-state index contributed by atoms with van der Waals surface area (Å²) in [6.07, 6.45) is 2.53. The van der Waals surface area contributed by atoms with E-state index in [1.807, 2.05) is 6.07 Å². The minimum absolute atomic E-state index is 0.183. The number of hydrogen-bond donors (Lipinski definition) is 1. The lowest BCUT2D eigenvalue weighted by atomic mass is 9.99. The van der Waals surface area contributed by atoms with Crippen LogP contribution in [0.2, 0.25) is 0 Å². The molecule has 1 saturated carbocycles. The Hall–Kier alpha value is -1.38. The fourth-order valence-electron chi connectivity index (χ4n) is 1.86. The normalized spacial score (nSPS) is 17.1. The molecule has 0 aromatic heterocycles. The predicted molar refractivity (Wildman–Crippen MR) is 58.9 cm³/mol. The van der Waals surface area contributed by atoms with E-state index in [1.54, 1.807) is 13.0 Å². The van der Waals surface area contributed by atoms with Gasteiger partial charge in [0.2, 0.25) is 0 Å². The Morgan fingerprint density at radius 2 is 2.25 bits per heavy atom. The second kappa shape index (κ2) is 4.24. The third-order valence-corrected chi connectivity index (χ3v) is 3.05.